The highest BCUT2D eigenvalue weighted by atomic mass is 16.5. The predicted octanol–water partition coefficient (Wildman–Crippen LogP) is 3.20. The van der Waals surface area contributed by atoms with E-state index < -0.39 is 0 Å². The van der Waals surface area contributed by atoms with E-state index in [-0.39, 0.29) is 0 Å². The Labute approximate surface area is 119 Å². The normalized spacial score (nSPS) is 10.6. The fraction of sp³-hybridized carbons (Fsp3) is 0.375. The summed E-state index contributed by atoms with van der Waals surface area (Å²) in [4.78, 5) is 0. The van der Waals surface area contributed by atoms with Crippen LogP contribution in [0.3, 0.4) is 0 Å². The summed E-state index contributed by atoms with van der Waals surface area (Å²) in [6, 6.07) is 7.91. The molecule has 2 aromatic rings. The Kier molecular flexibility index (Phi) is 4.69. The van der Waals surface area contributed by atoms with Gasteiger partial charge in [0.1, 0.15) is 18.1 Å². The van der Waals surface area contributed by atoms with Gasteiger partial charge in [-0.1, -0.05) is 13.0 Å². The molecule has 0 radical (unpaired) electrons. The van der Waals surface area contributed by atoms with Crippen molar-refractivity contribution in [1.29, 1.82) is 0 Å². The van der Waals surface area contributed by atoms with Crippen molar-refractivity contribution in [2.24, 2.45) is 5.73 Å². The van der Waals surface area contributed by atoms with Crippen LogP contribution in [-0.4, -0.2) is 7.11 Å². The van der Waals surface area contributed by atoms with Crippen LogP contribution in [0.2, 0.25) is 0 Å². The van der Waals surface area contributed by atoms with Crippen molar-refractivity contribution in [2.45, 2.75) is 33.4 Å². The highest BCUT2D eigenvalue weighted by Crippen LogP contribution is 2.29. The average molecular weight is 275 g/mol. The highest BCUT2D eigenvalue weighted by Gasteiger charge is 2.09. The second kappa shape index (κ2) is 6.48. The third-order valence-electron chi connectivity index (χ3n) is 3.26. The van der Waals surface area contributed by atoms with E-state index in [2.05, 4.69) is 6.92 Å². The monoisotopic (exact) mass is 275 g/mol. The lowest BCUT2D eigenvalue weighted by Crippen LogP contribution is -1.98. The summed E-state index contributed by atoms with van der Waals surface area (Å²) in [7, 11) is 1.64. The van der Waals surface area contributed by atoms with Gasteiger partial charge in [0.05, 0.1) is 13.7 Å². The lowest BCUT2D eigenvalue weighted by Gasteiger charge is -2.10. The summed E-state index contributed by atoms with van der Waals surface area (Å²) in [5.74, 6) is 3.03. The Morgan fingerprint density at radius 2 is 2.00 bits per heavy atom. The van der Waals surface area contributed by atoms with Crippen LogP contribution in [0.1, 0.15) is 29.6 Å². The SMILES string of the molecule is CCc1ccc(OCc2cc(C)c(CN)o2)c(OC)c1. The Morgan fingerprint density at radius 1 is 1.20 bits per heavy atom. The Morgan fingerprint density at radius 3 is 2.60 bits per heavy atom. The standard InChI is InChI=1S/C16H21NO3/c1-4-12-5-6-14(15(8-12)18-3)19-10-13-7-11(2)16(9-17)20-13/h5-8H,4,9-10,17H2,1-3H3. The van der Waals surface area contributed by atoms with Crippen molar-refractivity contribution in [2.75, 3.05) is 7.11 Å². The molecule has 20 heavy (non-hydrogen) atoms. The molecule has 108 valence electrons. The van der Waals surface area contributed by atoms with Gasteiger partial charge in [0.2, 0.25) is 0 Å². The van der Waals surface area contributed by atoms with Gasteiger partial charge >= 0.3 is 0 Å². The van der Waals surface area contributed by atoms with Crippen molar-refractivity contribution in [1.82, 2.24) is 0 Å². The zero-order valence-corrected chi connectivity index (χ0v) is 12.2. The van der Waals surface area contributed by atoms with Crippen LogP contribution in [0, 0.1) is 6.92 Å². The molecule has 1 aromatic heterocycles. The highest BCUT2D eigenvalue weighted by molar-refractivity contribution is 5.43. The van der Waals surface area contributed by atoms with E-state index >= 15 is 0 Å². The van der Waals surface area contributed by atoms with Crippen LogP contribution >= 0.6 is 0 Å². The molecule has 2 rings (SSSR count). The molecule has 4 heteroatoms. The molecule has 0 aliphatic rings. The molecule has 0 atom stereocenters. The Balaban J connectivity index is 2.09. The van der Waals surface area contributed by atoms with E-state index in [1.54, 1.807) is 7.11 Å². The van der Waals surface area contributed by atoms with Crippen LogP contribution in [0.5, 0.6) is 11.5 Å². The van der Waals surface area contributed by atoms with Gasteiger partial charge in [0, 0.05) is 0 Å². The van der Waals surface area contributed by atoms with Crippen LogP contribution < -0.4 is 15.2 Å². The minimum absolute atomic E-state index is 0.364. The van der Waals surface area contributed by atoms with E-state index in [0.29, 0.717) is 18.9 Å². The zero-order valence-electron chi connectivity index (χ0n) is 12.2. The lowest BCUT2D eigenvalue weighted by molar-refractivity contribution is 0.253. The molecule has 0 amide bonds. The largest absolute Gasteiger partial charge is 0.493 e. The first kappa shape index (κ1) is 14.5. The first-order valence-corrected chi connectivity index (χ1v) is 6.75. The third-order valence-corrected chi connectivity index (χ3v) is 3.26. The molecule has 0 unspecified atom stereocenters. The van der Waals surface area contributed by atoms with Crippen LogP contribution in [-0.2, 0) is 19.6 Å². The Bertz CT molecular complexity index is 575. The van der Waals surface area contributed by atoms with Gasteiger partial charge in [-0.2, -0.15) is 0 Å². The van der Waals surface area contributed by atoms with E-state index in [1.165, 1.54) is 5.56 Å². The van der Waals surface area contributed by atoms with Gasteiger partial charge in [-0.15, -0.1) is 0 Å². The van der Waals surface area contributed by atoms with Gasteiger partial charge in [-0.25, -0.2) is 0 Å². The van der Waals surface area contributed by atoms with Gasteiger partial charge in [-0.3, -0.25) is 0 Å². The number of hydrogen-bond acceptors (Lipinski definition) is 4. The van der Waals surface area contributed by atoms with Crippen LogP contribution in [0.4, 0.5) is 0 Å². The summed E-state index contributed by atoms with van der Waals surface area (Å²) in [5.41, 5.74) is 7.87. The maximum Gasteiger partial charge on any atom is 0.161 e. The molecule has 2 N–H and O–H groups in total. The molecular formula is C16H21NO3. The zero-order chi connectivity index (χ0) is 14.5. The molecule has 0 saturated carbocycles. The summed E-state index contributed by atoms with van der Waals surface area (Å²) in [5, 5.41) is 0. The lowest BCUT2D eigenvalue weighted by atomic mass is 10.1. The van der Waals surface area contributed by atoms with Crippen molar-refractivity contribution in [3.05, 3.63) is 46.9 Å². The van der Waals surface area contributed by atoms with Crippen molar-refractivity contribution in [3.63, 3.8) is 0 Å². The van der Waals surface area contributed by atoms with Crippen LogP contribution in [0.25, 0.3) is 0 Å². The second-order valence-corrected chi connectivity index (χ2v) is 4.65. The number of aryl methyl sites for hydroxylation is 2. The molecule has 0 fully saturated rings. The predicted molar refractivity (Wildman–Crippen MR) is 78.0 cm³/mol. The average Bonchev–Trinajstić information content (AvgIpc) is 2.85. The summed E-state index contributed by atoms with van der Waals surface area (Å²) < 4.78 is 16.7. The van der Waals surface area contributed by atoms with Crippen molar-refractivity contribution >= 4 is 0 Å². The molecule has 0 bridgehead atoms. The fourth-order valence-corrected chi connectivity index (χ4v) is 2.06. The molecular weight excluding hydrogens is 254 g/mol. The number of rotatable bonds is 6. The van der Waals surface area contributed by atoms with E-state index in [0.717, 1.165) is 29.3 Å². The van der Waals surface area contributed by atoms with Gasteiger partial charge < -0.3 is 19.6 Å². The van der Waals surface area contributed by atoms with E-state index in [1.807, 2.05) is 31.2 Å². The van der Waals surface area contributed by atoms with Gasteiger partial charge in [-0.05, 0) is 42.7 Å². The molecule has 4 nitrogen and oxygen atoms in total. The second-order valence-electron chi connectivity index (χ2n) is 4.65. The molecule has 0 aliphatic heterocycles. The third kappa shape index (κ3) is 3.14. The molecule has 1 aromatic carbocycles. The van der Waals surface area contributed by atoms with Crippen molar-refractivity contribution < 1.29 is 13.9 Å². The van der Waals surface area contributed by atoms with E-state index in [9.17, 15) is 0 Å². The Hall–Kier alpha value is -1.94. The van der Waals surface area contributed by atoms with Gasteiger partial charge in [0.25, 0.3) is 0 Å². The summed E-state index contributed by atoms with van der Waals surface area (Å²) >= 11 is 0. The minimum atomic E-state index is 0.364. The van der Waals surface area contributed by atoms with Crippen LogP contribution in [0.15, 0.2) is 28.7 Å². The fourth-order valence-electron chi connectivity index (χ4n) is 2.06. The number of nitrogens with two attached hydrogens (primary N) is 1. The molecule has 0 spiro atoms. The summed E-state index contributed by atoms with van der Waals surface area (Å²) in [6.45, 7) is 4.85. The number of benzene rings is 1. The van der Waals surface area contributed by atoms with E-state index in [4.69, 9.17) is 19.6 Å². The number of ether oxygens (including phenoxy) is 2. The number of methoxy groups -OCH3 is 1. The molecule has 1 heterocycles. The topological polar surface area (TPSA) is 57.6 Å². The quantitative estimate of drug-likeness (QED) is 0.879. The first-order valence-electron chi connectivity index (χ1n) is 6.75. The maximum atomic E-state index is 5.77. The number of hydrogen-bond donors (Lipinski definition) is 1. The molecule has 0 aliphatic carbocycles. The van der Waals surface area contributed by atoms with Crippen molar-refractivity contribution in [3.8, 4) is 11.5 Å². The van der Waals surface area contributed by atoms with Gasteiger partial charge in [0.15, 0.2) is 11.5 Å². The number of furan rings is 1. The smallest absolute Gasteiger partial charge is 0.161 e. The minimum Gasteiger partial charge on any atom is -0.493 e. The summed E-state index contributed by atoms with van der Waals surface area (Å²) in [6.07, 6.45) is 0.966. The maximum absolute atomic E-state index is 5.77. The molecule has 0 saturated heterocycles. The first-order chi connectivity index (χ1) is 9.67.